The highest BCUT2D eigenvalue weighted by Crippen LogP contribution is 2.19. The molecule has 1 aromatic heterocycles. The van der Waals surface area contributed by atoms with Gasteiger partial charge in [-0.1, -0.05) is 13.3 Å². The maximum Gasteiger partial charge on any atom is 0.319 e. The van der Waals surface area contributed by atoms with Crippen LogP contribution < -0.4 is 10.6 Å². The zero-order valence-corrected chi connectivity index (χ0v) is 13.4. The van der Waals surface area contributed by atoms with Crippen molar-refractivity contribution in [3.05, 3.63) is 11.9 Å². The van der Waals surface area contributed by atoms with Crippen LogP contribution in [0.5, 0.6) is 0 Å². The number of carbonyl (C=O) groups excluding carboxylic acids is 2. The molecule has 2 rings (SSSR count). The van der Waals surface area contributed by atoms with Gasteiger partial charge in [0.05, 0.1) is 11.9 Å². The molecule has 0 radical (unpaired) electrons. The monoisotopic (exact) mass is 307 g/mol. The molecule has 0 bridgehead atoms. The van der Waals surface area contributed by atoms with E-state index >= 15 is 0 Å². The van der Waals surface area contributed by atoms with Gasteiger partial charge in [0.1, 0.15) is 5.69 Å². The Morgan fingerprint density at radius 1 is 1.27 bits per heavy atom. The largest absolute Gasteiger partial charge is 0.338 e. The van der Waals surface area contributed by atoms with E-state index in [1.807, 2.05) is 4.90 Å². The van der Waals surface area contributed by atoms with E-state index in [1.165, 1.54) is 17.3 Å². The van der Waals surface area contributed by atoms with Gasteiger partial charge in [0, 0.05) is 26.7 Å². The van der Waals surface area contributed by atoms with Gasteiger partial charge in [-0.05, 0) is 25.7 Å². The van der Waals surface area contributed by atoms with Crippen LogP contribution in [0.15, 0.2) is 6.20 Å². The highest BCUT2D eigenvalue weighted by molar-refractivity contribution is 6.02. The fourth-order valence-corrected chi connectivity index (χ4v) is 2.57. The van der Waals surface area contributed by atoms with Gasteiger partial charge in [-0.25, -0.2) is 4.79 Å². The lowest BCUT2D eigenvalue weighted by molar-refractivity contribution is 0.0714. The summed E-state index contributed by atoms with van der Waals surface area (Å²) in [5, 5.41) is 9.61. The van der Waals surface area contributed by atoms with Crippen LogP contribution in [0.25, 0.3) is 0 Å². The van der Waals surface area contributed by atoms with E-state index in [4.69, 9.17) is 0 Å². The van der Waals surface area contributed by atoms with Crippen molar-refractivity contribution in [3.63, 3.8) is 0 Å². The van der Waals surface area contributed by atoms with Crippen molar-refractivity contribution in [2.75, 3.05) is 25.0 Å². The summed E-state index contributed by atoms with van der Waals surface area (Å²) in [7, 11) is 1.72. The van der Waals surface area contributed by atoms with Crippen LogP contribution in [-0.4, -0.2) is 46.3 Å². The first-order valence-corrected chi connectivity index (χ1v) is 7.99. The Hall–Kier alpha value is -2.05. The summed E-state index contributed by atoms with van der Waals surface area (Å²) in [5.41, 5.74) is 0.902. The highest BCUT2D eigenvalue weighted by Gasteiger charge is 2.24. The van der Waals surface area contributed by atoms with Gasteiger partial charge in [-0.15, -0.1) is 0 Å². The Morgan fingerprint density at radius 2 is 2.00 bits per heavy atom. The summed E-state index contributed by atoms with van der Waals surface area (Å²) < 4.78 is 1.53. The number of anilines is 1. The van der Waals surface area contributed by atoms with Crippen molar-refractivity contribution < 1.29 is 9.59 Å². The molecule has 0 aromatic carbocycles. The van der Waals surface area contributed by atoms with Crippen LogP contribution in [0.4, 0.5) is 10.5 Å². The fraction of sp³-hybridized carbons (Fsp3) is 0.667. The van der Waals surface area contributed by atoms with Crippen LogP contribution in [0.3, 0.4) is 0 Å². The average Bonchev–Trinajstić information content (AvgIpc) is 2.88. The zero-order valence-electron chi connectivity index (χ0n) is 13.4. The molecule has 122 valence electrons. The number of hydrogen-bond donors (Lipinski definition) is 2. The summed E-state index contributed by atoms with van der Waals surface area (Å²) in [6.07, 6.45) is 6.70. The van der Waals surface area contributed by atoms with Gasteiger partial charge in [-0.2, -0.15) is 5.10 Å². The third kappa shape index (κ3) is 3.99. The molecule has 7 heteroatoms. The van der Waals surface area contributed by atoms with Crippen molar-refractivity contribution in [3.8, 4) is 0 Å². The lowest BCUT2D eigenvalue weighted by Crippen LogP contribution is -2.37. The Bertz CT molecular complexity index is 520. The van der Waals surface area contributed by atoms with Crippen molar-refractivity contribution in [1.82, 2.24) is 20.0 Å². The van der Waals surface area contributed by atoms with Gasteiger partial charge in [0.2, 0.25) is 0 Å². The van der Waals surface area contributed by atoms with Gasteiger partial charge >= 0.3 is 6.03 Å². The molecule has 1 aromatic rings. The third-order valence-corrected chi connectivity index (χ3v) is 3.85. The Morgan fingerprint density at radius 3 is 2.68 bits per heavy atom. The van der Waals surface area contributed by atoms with Crippen LogP contribution in [0.2, 0.25) is 0 Å². The van der Waals surface area contributed by atoms with Crippen LogP contribution >= 0.6 is 0 Å². The standard InChI is InChI=1S/C15H25N5O2/c1-3-4-8-16-15(22)18-12-11-17-19(2)13(12)14(21)20-9-6-5-7-10-20/h11H,3-10H2,1-2H3,(H2,16,18,22). The molecule has 2 heterocycles. The van der Waals surface area contributed by atoms with Gasteiger partial charge in [0.25, 0.3) is 5.91 Å². The first kappa shape index (κ1) is 16.3. The number of hydrogen-bond acceptors (Lipinski definition) is 3. The van der Waals surface area contributed by atoms with E-state index in [9.17, 15) is 9.59 Å². The molecular formula is C15H25N5O2. The molecule has 0 unspecified atom stereocenters. The molecule has 0 atom stereocenters. The molecule has 22 heavy (non-hydrogen) atoms. The number of unbranched alkanes of at least 4 members (excludes halogenated alkanes) is 1. The second-order valence-corrected chi connectivity index (χ2v) is 5.62. The molecular weight excluding hydrogens is 282 g/mol. The first-order chi connectivity index (χ1) is 10.6. The van der Waals surface area contributed by atoms with Gasteiger partial charge < -0.3 is 15.5 Å². The predicted octanol–water partition coefficient (Wildman–Crippen LogP) is 1.97. The Labute approximate surface area is 131 Å². The van der Waals surface area contributed by atoms with Crippen molar-refractivity contribution in [2.24, 2.45) is 7.05 Å². The topological polar surface area (TPSA) is 79.3 Å². The molecule has 7 nitrogen and oxygen atoms in total. The number of aryl methyl sites for hydroxylation is 1. The smallest absolute Gasteiger partial charge is 0.319 e. The van der Waals surface area contributed by atoms with Gasteiger partial charge in [0.15, 0.2) is 0 Å². The minimum Gasteiger partial charge on any atom is -0.338 e. The first-order valence-electron chi connectivity index (χ1n) is 7.99. The molecule has 1 aliphatic rings. The van der Waals surface area contributed by atoms with Crippen LogP contribution in [0.1, 0.15) is 49.5 Å². The molecule has 0 aliphatic carbocycles. The van der Waals surface area contributed by atoms with E-state index in [1.54, 1.807) is 7.05 Å². The maximum absolute atomic E-state index is 12.6. The number of urea groups is 1. The molecule has 1 fully saturated rings. The fourth-order valence-electron chi connectivity index (χ4n) is 2.57. The van der Waals surface area contributed by atoms with Crippen LogP contribution in [0, 0.1) is 0 Å². The number of aromatic nitrogens is 2. The maximum atomic E-state index is 12.6. The second-order valence-electron chi connectivity index (χ2n) is 5.62. The number of amides is 3. The normalized spacial score (nSPS) is 14.7. The SMILES string of the molecule is CCCCNC(=O)Nc1cnn(C)c1C(=O)N1CCCCC1. The Kier molecular flexibility index (Phi) is 5.80. The molecule has 1 aliphatic heterocycles. The van der Waals surface area contributed by atoms with E-state index in [0.29, 0.717) is 17.9 Å². The average molecular weight is 307 g/mol. The molecule has 1 saturated heterocycles. The van der Waals surface area contributed by atoms with E-state index in [2.05, 4.69) is 22.7 Å². The van der Waals surface area contributed by atoms with Crippen molar-refractivity contribution in [2.45, 2.75) is 39.0 Å². The molecule has 3 amide bonds. The van der Waals surface area contributed by atoms with Crippen LogP contribution in [-0.2, 0) is 7.05 Å². The summed E-state index contributed by atoms with van der Waals surface area (Å²) in [6, 6.07) is -0.297. The summed E-state index contributed by atoms with van der Waals surface area (Å²) in [5.74, 6) is -0.0661. The predicted molar refractivity (Wildman–Crippen MR) is 84.9 cm³/mol. The third-order valence-electron chi connectivity index (χ3n) is 3.85. The van der Waals surface area contributed by atoms with E-state index < -0.39 is 0 Å². The number of likely N-dealkylation sites (tertiary alicyclic amines) is 1. The summed E-state index contributed by atoms with van der Waals surface area (Å²) >= 11 is 0. The van der Waals surface area contributed by atoms with E-state index in [0.717, 1.165) is 38.8 Å². The van der Waals surface area contributed by atoms with Crippen molar-refractivity contribution in [1.29, 1.82) is 0 Å². The molecule has 0 saturated carbocycles. The van der Waals surface area contributed by atoms with E-state index in [-0.39, 0.29) is 11.9 Å². The summed E-state index contributed by atoms with van der Waals surface area (Å²) in [6.45, 7) is 4.23. The minimum absolute atomic E-state index is 0.0661. The number of piperidine rings is 1. The molecule has 2 N–H and O–H groups in total. The minimum atomic E-state index is -0.297. The lowest BCUT2D eigenvalue weighted by atomic mass is 10.1. The van der Waals surface area contributed by atoms with Gasteiger partial charge in [-0.3, -0.25) is 9.48 Å². The van der Waals surface area contributed by atoms with Crippen molar-refractivity contribution >= 4 is 17.6 Å². The summed E-state index contributed by atoms with van der Waals surface area (Å²) in [4.78, 5) is 26.3. The molecule has 0 spiro atoms. The second kappa shape index (κ2) is 7.82. The number of nitrogens with zero attached hydrogens (tertiary/aromatic N) is 3. The highest BCUT2D eigenvalue weighted by atomic mass is 16.2. The number of nitrogens with one attached hydrogen (secondary N) is 2. The quantitative estimate of drug-likeness (QED) is 0.816. The number of carbonyl (C=O) groups is 2. The zero-order chi connectivity index (χ0) is 15.9. The Balaban J connectivity index is 2.03. The number of rotatable bonds is 5. The lowest BCUT2D eigenvalue weighted by Gasteiger charge is -2.27.